The SMILES string of the molecule is CCCCCCN1C(=O)C(C)(C)NC(=O)C1C(C)C. The number of hydrogen-bond donors (Lipinski definition) is 1. The average molecular weight is 268 g/mol. The fourth-order valence-corrected chi connectivity index (χ4v) is 2.67. The topological polar surface area (TPSA) is 49.4 Å². The first-order chi connectivity index (χ1) is 8.81. The van der Waals surface area contributed by atoms with Crippen molar-refractivity contribution in [1.82, 2.24) is 10.2 Å². The van der Waals surface area contributed by atoms with E-state index in [-0.39, 0.29) is 23.8 Å². The largest absolute Gasteiger partial charge is 0.340 e. The number of unbranched alkanes of at least 4 members (excludes halogenated alkanes) is 3. The molecule has 0 aromatic heterocycles. The molecule has 110 valence electrons. The van der Waals surface area contributed by atoms with Crippen LogP contribution in [0.15, 0.2) is 0 Å². The van der Waals surface area contributed by atoms with Gasteiger partial charge in [0.1, 0.15) is 11.6 Å². The summed E-state index contributed by atoms with van der Waals surface area (Å²) in [4.78, 5) is 26.5. The molecule has 2 amide bonds. The van der Waals surface area contributed by atoms with Crippen molar-refractivity contribution in [1.29, 1.82) is 0 Å². The van der Waals surface area contributed by atoms with Gasteiger partial charge < -0.3 is 10.2 Å². The van der Waals surface area contributed by atoms with Crippen LogP contribution in [0.3, 0.4) is 0 Å². The van der Waals surface area contributed by atoms with Crippen molar-refractivity contribution < 1.29 is 9.59 Å². The summed E-state index contributed by atoms with van der Waals surface area (Å²) >= 11 is 0. The lowest BCUT2D eigenvalue weighted by molar-refractivity contribution is -0.155. The maximum absolute atomic E-state index is 12.5. The van der Waals surface area contributed by atoms with Crippen molar-refractivity contribution in [3.05, 3.63) is 0 Å². The Kier molecular flexibility index (Phi) is 5.39. The highest BCUT2D eigenvalue weighted by Gasteiger charge is 2.45. The molecule has 1 N–H and O–H groups in total. The van der Waals surface area contributed by atoms with E-state index in [0.717, 1.165) is 12.8 Å². The van der Waals surface area contributed by atoms with Crippen LogP contribution in [0.1, 0.15) is 60.3 Å². The molecule has 19 heavy (non-hydrogen) atoms. The molecule has 0 saturated carbocycles. The van der Waals surface area contributed by atoms with Crippen LogP contribution in [0.2, 0.25) is 0 Å². The monoisotopic (exact) mass is 268 g/mol. The average Bonchev–Trinajstić information content (AvgIpc) is 2.29. The summed E-state index contributed by atoms with van der Waals surface area (Å²) < 4.78 is 0. The molecular formula is C15H28N2O2. The van der Waals surface area contributed by atoms with E-state index in [9.17, 15) is 9.59 Å². The van der Waals surface area contributed by atoms with E-state index in [0.29, 0.717) is 6.54 Å². The van der Waals surface area contributed by atoms with E-state index < -0.39 is 5.54 Å². The molecule has 0 aromatic carbocycles. The van der Waals surface area contributed by atoms with Gasteiger partial charge in [-0.3, -0.25) is 9.59 Å². The zero-order valence-electron chi connectivity index (χ0n) is 13.0. The highest BCUT2D eigenvalue weighted by Crippen LogP contribution is 2.23. The maximum Gasteiger partial charge on any atom is 0.248 e. The standard InChI is InChI=1S/C15H28N2O2/c1-6-7-8-9-10-17-12(11(2)3)13(18)16-15(4,5)14(17)19/h11-12H,6-10H2,1-5H3,(H,16,18). The van der Waals surface area contributed by atoms with Gasteiger partial charge in [-0.1, -0.05) is 40.0 Å². The van der Waals surface area contributed by atoms with Crippen LogP contribution in [-0.2, 0) is 9.59 Å². The first-order valence-corrected chi connectivity index (χ1v) is 7.44. The van der Waals surface area contributed by atoms with Crippen LogP contribution >= 0.6 is 0 Å². The second kappa shape index (κ2) is 6.40. The summed E-state index contributed by atoms with van der Waals surface area (Å²) in [6.07, 6.45) is 4.46. The Morgan fingerprint density at radius 2 is 1.84 bits per heavy atom. The lowest BCUT2D eigenvalue weighted by Crippen LogP contribution is -2.69. The molecule has 1 saturated heterocycles. The minimum Gasteiger partial charge on any atom is -0.340 e. The summed E-state index contributed by atoms with van der Waals surface area (Å²) in [6, 6.07) is -0.317. The number of amides is 2. The van der Waals surface area contributed by atoms with E-state index in [1.54, 1.807) is 18.7 Å². The molecule has 1 heterocycles. The van der Waals surface area contributed by atoms with Gasteiger partial charge in [-0.2, -0.15) is 0 Å². The van der Waals surface area contributed by atoms with Crippen LogP contribution in [0, 0.1) is 5.92 Å². The van der Waals surface area contributed by atoms with Crippen molar-refractivity contribution in [2.24, 2.45) is 5.92 Å². The quantitative estimate of drug-likeness (QED) is 0.752. The van der Waals surface area contributed by atoms with Crippen molar-refractivity contribution >= 4 is 11.8 Å². The molecule has 1 fully saturated rings. The Bertz CT molecular complexity index is 337. The summed E-state index contributed by atoms with van der Waals surface area (Å²) in [7, 11) is 0. The highest BCUT2D eigenvalue weighted by atomic mass is 16.2. The van der Waals surface area contributed by atoms with Gasteiger partial charge in [0.15, 0.2) is 0 Å². The number of carbonyl (C=O) groups excluding carboxylic acids is 2. The number of nitrogens with one attached hydrogen (secondary N) is 1. The van der Waals surface area contributed by atoms with Gasteiger partial charge in [-0.15, -0.1) is 0 Å². The Labute approximate surface area is 116 Å². The van der Waals surface area contributed by atoms with Gasteiger partial charge >= 0.3 is 0 Å². The van der Waals surface area contributed by atoms with Crippen LogP contribution in [-0.4, -0.2) is 34.8 Å². The molecule has 0 spiro atoms. The molecule has 0 aromatic rings. The molecule has 0 aliphatic carbocycles. The van der Waals surface area contributed by atoms with Crippen molar-refractivity contribution in [2.45, 2.75) is 71.9 Å². The van der Waals surface area contributed by atoms with E-state index in [1.807, 2.05) is 13.8 Å². The van der Waals surface area contributed by atoms with Crippen LogP contribution in [0.4, 0.5) is 0 Å². The number of carbonyl (C=O) groups is 2. The van der Waals surface area contributed by atoms with Crippen molar-refractivity contribution in [3.63, 3.8) is 0 Å². The van der Waals surface area contributed by atoms with E-state index in [4.69, 9.17) is 0 Å². The van der Waals surface area contributed by atoms with Gasteiger partial charge in [0, 0.05) is 6.54 Å². The van der Waals surface area contributed by atoms with Crippen LogP contribution < -0.4 is 5.32 Å². The third-order valence-corrected chi connectivity index (χ3v) is 3.72. The van der Waals surface area contributed by atoms with Crippen molar-refractivity contribution in [3.8, 4) is 0 Å². The molecule has 4 heteroatoms. The molecule has 1 atom stereocenters. The minimum atomic E-state index is -0.771. The van der Waals surface area contributed by atoms with Crippen LogP contribution in [0.25, 0.3) is 0 Å². The summed E-state index contributed by atoms with van der Waals surface area (Å²) in [5.41, 5.74) is -0.771. The lowest BCUT2D eigenvalue weighted by atomic mass is 9.91. The molecular weight excluding hydrogens is 240 g/mol. The fraction of sp³-hybridized carbons (Fsp3) is 0.867. The molecule has 0 radical (unpaired) electrons. The number of piperazine rings is 1. The van der Waals surface area contributed by atoms with Gasteiger partial charge in [-0.05, 0) is 26.2 Å². The summed E-state index contributed by atoms with van der Waals surface area (Å²) in [6.45, 7) is 10.4. The van der Waals surface area contributed by atoms with E-state index in [1.165, 1.54) is 12.8 Å². The summed E-state index contributed by atoms with van der Waals surface area (Å²) in [5, 5.41) is 2.84. The Hall–Kier alpha value is -1.06. The summed E-state index contributed by atoms with van der Waals surface area (Å²) in [5.74, 6) is 0.170. The number of nitrogens with zero attached hydrogens (tertiary/aromatic N) is 1. The molecule has 1 aliphatic heterocycles. The van der Waals surface area contributed by atoms with Crippen LogP contribution in [0.5, 0.6) is 0 Å². The first kappa shape index (κ1) is 16.0. The molecule has 1 rings (SSSR count). The predicted molar refractivity (Wildman–Crippen MR) is 76.7 cm³/mol. The van der Waals surface area contributed by atoms with E-state index in [2.05, 4.69) is 12.2 Å². The fourth-order valence-electron chi connectivity index (χ4n) is 2.67. The zero-order valence-corrected chi connectivity index (χ0v) is 13.0. The van der Waals surface area contributed by atoms with Gasteiger partial charge in [-0.25, -0.2) is 0 Å². The minimum absolute atomic E-state index is 0.0184. The third-order valence-electron chi connectivity index (χ3n) is 3.72. The molecule has 0 bridgehead atoms. The third kappa shape index (κ3) is 3.71. The Morgan fingerprint density at radius 3 is 2.37 bits per heavy atom. The molecule has 1 unspecified atom stereocenters. The van der Waals surface area contributed by atoms with Crippen molar-refractivity contribution in [2.75, 3.05) is 6.54 Å². The molecule has 1 aliphatic rings. The Morgan fingerprint density at radius 1 is 1.21 bits per heavy atom. The first-order valence-electron chi connectivity index (χ1n) is 7.44. The predicted octanol–water partition coefficient (Wildman–Crippen LogP) is 2.33. The second-order valence-corrected chi connectivity index (χ2v) is 6.36. The number of hydrogen-bond acceptors (Lipinski definition) is 2. The van der Waals surface area contributed by atoms with Gasteiger partial charge in [0.25, 0.3) is 0 Å². The van der Waals surface area contributed by atoms with Gasteiger partial charge in [0.2, 0.25) is 11.8 Å². The van der Waals surface area contributed by atoms with Gasteiger partial charge in [0.05, 0.1) is 0 Å². The lowest BCUT2D eigenvalue weighted by Gasteiger charge is -2.44. The highest BCUT2D eigenvalue weighted by molar-refractivity contribution is 5.99. The smallest absolute Gasteiger partial charge is 0.248 e. The molecule has 4 nitrogen and oxygen atoms in total. The second-order valence-electron chi connectivity index (χ2n) is 6.36. The number of rotatable bonds is 6. The zero-order chi connectivity index (χ0) is 14.6. The normalized spacial score (nSPS) is 22.8. The maximum atomic E-state index is 12.5. The van der Waals surface area contributed by atoms with E-state index >= 15 is 0 Å². The Balaban J connectivity index is 2.78.